The molecule has 1 aliphatic carbocycles. The van der Waals surface area contributed by atoms with Gasteiger partial charge in [0, 0.05) is 41.0 Å². The van der Waals surface area contributed by atoms with Gasteiger partial charge in [0.1, 0.15) is 6.10 Å². The topological polar surface area (TPSA) is 70.1 Å². The number of fused-ring (bicyclic) bond motifs is 1. The predicted octanol–water partition coefficient (Wildman–Crippen LogP) is 7.17. The summed E-state index contributed by atoms with van der Waals surface area (Å²) >= 11 is 6.25. The molecule has 0 saturated carbocycles. The van der Waals surface area contributed by atoms with Crippen molar-refractivity contribution in [2.75, 3.05) is 13.1 Å². The average Bonchev–Trinajstić information content (AvgIpc) is 2.86. The summed E-state index contributed by atoms with van der Waals surface area (Å²) in [5.41, 5.74) is 4.88. The minimum atomic E-state index is -0.985. The number of ether oxygens (including phenoxy) is 1. The van der Waals surface area contributed by atoms with Crippen LogP contribution in [0.5, 0.6) is 0 Å². The van der Waals surface area contributed by atoms with E-state index < -0.39 is 17.7 Å². The number of hydrogen-bond acceptors (Lipinski definition) is 4. The van der Waals surface area contributed by atoms with E-state index in [9.17, 15) is 14.7 Å². The van der Waals surface area contributed by atoms with Crippen LogP contribution in [0.25, 0.3) is 5.57 Å². The second-order valence-corrected chi connectivity index (χ2v) is 11.9. The summed E-state index contributed by atoms with van der Waals surface area (Å²) in [5, 5.41) is 10.8. The fourth-order valence-electron chi connectivity index (χ4n) is 4.97. The summed E-state index contributed by atoms with van der Waals surface area (Å²) in [6.07, 6.45) is 2.48. The summed E-state index contributed by atoms with van der Waals surface area (Å²) in [6, 6.07) is 17.4. The molecule has 0 aromatic heterocycles. The zero-order valence-corrected chi connectivity index (χ0v) is 24.0. The highest BCUT2D eigenvalue weighted by Crippen LogP contribution is 2.42. The van der Waals surface area contributed by atoms with Gasteiger partial charge in [0.15, 0.2) is 5.78 Å². The Morgan fingerprint density at radius 3 is 2.38 bits per heavy atom. The monoisotopic (exact) mass is 548 g/mol. The first-order valence-corrected chi connectivity index (χ1v) is 13.7. The van der Waals surface area contributed by atoms with Crippen LogP contribution in [0, 0.1) is 5.92 Å². The molecule has 2 aromatic carbocycles. The lowest BCUT2D eigenvalue weighted by molar-refractivity contribution is -0.128. The van der Waals surface area contributed by atoms with Crippen LogP contribution in [-0.4, -0.2) is 51.5 Å². The molecule has 2 aliphatic rings. The van der Waals surface area contributed by atoms with Crippen LogP contribution in [0.3, 0.4) is 0 Å². The second-order valence-electron chi connectivity index (χ2n) is 11.5. The summed E-state index contributed by atoms with van der Waals surface area (Å²) < 4.78 is 6.12. The number of amides is 1. The maximum atomic E-state index is 13.2. The van der Waals surface area contributed by atoms with E-state index in [2.05, 4.69) is 18.7 Å². The first-order valence-electron chi connectivity index (χ1n) is 13.3. The van der Waals surface area contributed by atoms with Gasteiger partial charge in [-0.1, -0.05) is 67.9 Å². The number of carboxylic acid groups (broad SMARTS) is 1. The molecule has 0 bridgehead atoms. The number of rotatable bonds is 8. The molecular weight excluding hydrogens is 512 g/mol. The molecule has 1 heterocycles. The van der Waals surface area contributed by atoms with Gasteiger partial charge in [0.05, 0.1) is 13.2 Å². The Labute approximate surface area is 236 Å². The Kier molecular flexibility index (Phi) is 8.67. The standard InChI is InChI=1S/C32H37ClN2O4/c1-21(2)17-34-18-24-15-28(36)29(39-20-22-9-7-6-8-10-22)16-26(24)30(23-11-13-25(33)14-12-23)27(34)19-35(31(37)38)32(3,4)5/h6-14,16,18,21,29H,15,17,19-20H2,1-5H3,(H,37,38). The number of hydrogen-bond donors (Lipinski definition) is 1. The summed E-state index contributed by atoms with van der Waals surface area (Å²) in [6.45, 7) is 11.1. The zero-order chi connectivity index (χ0) is 28.3. The molecule has 1 N–H and O–H groups in total. The summed E-state index contributed by atoms with van der Waals surface area (Å²) in [4.78, 5) is 29.2. The van der Waals surface area contributed by atoms with Gasteiger partial charge in [0.2, 0.25) is 0 Å². The van der Waals surface area contributed by atoms with Crippen LogP contribution in [0.4, 0.5) is 4.79 Å². The maximum Gasteiger partial charge on any atom is 0.408 e. The largest absolute Gasteiger partial charge is 0.465 e. The van der Waals surface area contributed by atoms with Crippen molar-refractivity contribution in [2.24, 2.45) is 5.92 Å². The molecule has 206 valence electrons. The lowest BCUT2D eigenvalue weighted by Gasteiger charge is -2.41. The Bertz CT molecular complexity index is 1300. The van der Waals surface area contributed by atoms with Crippen LogP contribution in [0.15, 0.2) is 83.7 Å². The number of ketones is 1. The average molecular weight is 549 g/mol. The van der Waals surface area contributed by atoms with Gasteiger partial charge in [-0.05, 0) is 67.2 Å². The number of halogens is 1. The molecule has 0 spiro atoms. The van der Waals surface area contributed by atoms with Crippen molar-refractivity contribution in [1.82, 2.24) is 9.80 Å². The van der Waals surface area contributed by atoms with Crippen LogP contribution in [0.2, 0.25) is 5.02 Å². The molecular formula is C32H37ClN2O4. The highest BCUT2D eigenvalue weighted by molar-refractivity contribution is 6.30. The van der Waals surface area contributed by atoms with Gasteiger partial charge < -0.3 is 14.7 Å². The third-order valence-corrected chi connectivity index (χ3v) is 7.13. The molecule has 0 fully saturated rings. The van der Waals surface area contributed by atoms with Crippen molar-refractivity contribution in [3.05, 3.63) is 99.9 Å². The van der Waals surface area contributed by atoms with Crippen molar-refractivity contribution < 1.29 is 19.4 Å². The van der Waals surface area contributed by atoms with Gasteiger partial charge in [0.25, 0.3) is 0 Å². The first-order chi connectivity index (χ1) is 18.4. The van der Waals surface area contributed by atoms with Gasteiger partial charge in [-0.25, -0.2) is 4.79 Å². The number of allylic oxidation sites excluding steroid dienone is 3. The number of nitrogens with zero attached hydrogens (tertiary/aromatic N) is 2. The van der Waals surface area contributed by atoms with Crippen molar-refractivity contribution >= 4 is 29.1 Å². The normalized spacial score (nSPS) is 17.7. The van der Waals surface area contributed by atoms with Crippen molar-refractivity contribution in [1.29, 1.82) is 0 Å². The number of carbonyl (C=O) groups excluding carboxylic acids is 1. The minimum Gasteiger partial charge on any atom is -0.465 e. The Hall–Kier alpha value is -3.35. The van der Waals surface area contributed by atoms with E-state index in [0.29, 0.717) is 24.1 Å². The molecule has 4 rings (SSSR count). The van der Waals surface area contributed by atoms with Crippen molar-refractivity contribution in [3.63, 3.8) is 0 Å². The van der Waals surface area contributed by atoms with Crippen molar-refractivity contribution in [2.45, 2.75) is 59.3 Å². The van der Waals surface area contributed by atoms with E-state index in [1.165, 1.54) is 4.90 Å². The second kappa shape index (κ2) is 11.8. The summed E-state index contributed by atoms with van der Waals surface area (Å²) in [7, 11) is 0. The third kappa shape index (κ3) is 6.81. The predicted molar refractivity (Wildman–Crippen MR) is 155 cm³/mol. The molecule has 1 aliphatic heterocycles. The molecule has 2 aromatic rings. The highest BCUT2D eigenvalue weighted by atomic mass is 35.5. The molecule has 1 amide bonds. The Balaban J connectivity index is 1.86. The summed E-state index contributed by atoms with van der Waals surface area (Å²) in [5.74, 6) is 0.314. The number of benzene rings is 2. The van der Waals surface area contributed by atoms with Crippen LogP contribution in [0.1, 0.15) is 52.2 Å². The van der Waals surface area contributed by atoms with Gasteiger partial charge in [-0.2, -0.15) is 0 Å². The van der Waals surface area contributed by atoms with Crippen LogP contribution < -0.4 is 0 Å². The molecule has 39 heavy (non-hydrogen) atoms. The van der Waals surface area contributed by atoms with Crippen LogP contribution in [-0.2, 0) is 16.1 Å². The van der Waals surface area contributed by atoms with Gasteiger partial charge in [-0.15, -0.1) is 0 Å². The molecule has 1 atom stereocenters. The smallest absolute Gasteiger partial charge is 0.408 e. The van der Waals surface area contributed by atoms with E-state index >= 15 is 0 Å². The lowest BCUT2D eigenvalue weighted by Crippen LogP contribution is -2.48. The molecule has 6 nitrogen and oxygen atoms in total. The van der Waals surface area contributed by atoms with Gasteiger partial charge >= 0.3 is 6.09 Å². The maximum absolute atomic E-state index is 13.2. The zero-order valence-electron chi connectivity index (χ0n) is 23.3. The van der Waals surface area contributed by atoms with Gasteiger partial charge in [-0.3, -0.25) is 9.69 Å². The Morgan fingerprint density at radius 1 is 1.13 bits per heavy atom. The van der Waals surface area contributed by atoms with E-state index in [-0.39, 0.29) is 18.7 Å². The molecule has 0 saturated heterocycles. The minimum absolute atomic E-state index is 0.00573. The van der Waals surface area contributed by atoms with Crippen molar-refractivity contribution in [3.8, 4) is 0 Å². The highest BCUT2D eigenvalue weighted by Gasteiger charge is 2.36. The van der Waals surface area contributed by atoms with E-state index in [1.807, 2.05) is 87.6 Å². The van der Waals surface area contributed by atoms with E-state index in [4.69, 9.17) is 16.3 Å². The Morgan fingerprint density at radius 2 is 1.79 bits per heavy atom. The molecule has 1 unspecified atom stereocenters. The lowest BCUT2D eigenvalue weighted by atomic mass is 9.80. The van der Waals surface area contributed by atoms with Crippen LogP contribution >= 0.6 is 11.6 Å². The molecule has 7 heteroatoms. The van der Waals surface area contributed by atoms with E-state index in [1.54, 1.807) is 0 Å². The SMILES string of the molecule is CC(C)CN1C=C2CC(=O)C(OCc3ccccc3)C=C2C(c2ccc(Cl)cc2)=C1CN(C(=O)O)C(C)(C)C. The fraction of sp³-hybridized carbons (Fsp3) is 0.375. The third-order valence-electron chi connectivity index (χ3n) is 6.88. The first kappa shape index (κ1) is 28.7. The number of carbonyl (C=O) groups is 2. The molecule has 0 radical (unpaired) electrons. The quantitative estimate of drug-likeness (QED) is 0.378. The fourth-order valence-corrected chi connectivity index (χ4v) is 5.09. The van der Waals surface area contributed by atoms with E-state index in [0.717, 1.165) is 33.5 Å². The number of Topliss-reactive ketones (excluding diaryl/α,β-unsaturated/α-hetero) is 1.